The number of piperidine rings is 1. The Balaban J connectivity index is 2.22. The van der Waals surface area contributed by atoms with Crippen molar-refractivity contribution >= 4 is 10.0 Å². The molecule has 0 radical (unpaired) electrons. The largest absolute Gasteiger partial charge is 0.495 e. The topological polar surface area (TPSA) is 67.4 Å². The molecule has 2 N–H and O–H groups in total. The van der Waals surface area contributed by atoms with Gasteiger partial charge in [-0.15, -0.1) is 0 Å². The van der Waals surface area contributed by atoms with Gasteiger partial charge in [0, 0.05) is 12.6 Å². The number of hydrogen-bond donors (Lipinski definition) is 2. The van der Waals surface area contributed by atoms with Crippen LogP contribution in [0, 0.1) is 5.92 Å². The predicted molar refractivity (Wildman–Crippen MR) is 73.8 cm³/mol. The van der Waals surface area contributed by atoms with E-state index in [1.807, 2.05) is 0 Å². The van der Waals surface area contributed by atoms with Crippen molar-refractivity contribution in [3.05, 3.63) is 24.3 Å². The van der Waals surface area contributed by atoms with Crippen molar-refractivity contribution in [2.24, 2.45) is 5.92 Å². The van der Waals surface area contributed by atoms with Gasteiger partial charge in [0.25, 0.3) is 0 Å². The molecule has 1 aromatic rings. The Labute approximate surface area is 114 Å². The molecule has 1 fully saturated rings. The highest BCUT2D eigenvalue weighted by Gasteiger charge is 2.28. The normalized spacial score (nSPS) is 24.1. The molecule has 1 aromatic carbocycles. The van der Waals surface area contributed by atoms with Crippen LogP contribution in [-0.4, -0.2) is 34.7 Å². The number of methoxy groups -OCH3 is 1. The molecular formula is C13H20N2O3S. The van der Waals surface area contributed by atoms with Gasteiger partial charge in [-0.25, -0.2) is 13.1 Å². The van der Waals surface area contributed by atoms with Crippen molar-refractivity contribution in [1.29, 1.82) is 0 Å². The molecule has 0 aliphatic carbocycles. The maximum absolute atomic E-state index is 12.4. The van der Waals surface area contributed by atoms with Crippen LogP contribution >= 0.6 is 0 Å². The second-order valence-electron chi connectivity index (χ2n) is 4.85. The number of para-hydroxylation sites is 1. The van der Waals surface area contributed by atoms with Gasteiger partial charge in [-0.05, 0) is 31.0 Å². The zero-order valence-electron chi connectivity index (χ0n) is 11.2. The van der Waals surface area contributed by atoms with Crippen LogP contribution < -0.4 is 14.8 Å². The van der Waals surface area contributed by atoms with Gasteiger partial charge in [-0.1, -0.05) is 19.1 Å². The van der Waals surface area contributed by atoms with Crippen LogP contribution in [0.3, 0.4) is 0 Å². The zero-order chi connectivity index (χ0) is 13.9. The molecule has 1 saturated heterocycles. The van der Waals surface area contributed by atoms with E-state index < -0.39 is 10.0 Å². The summed E-state index contributed by atoms with van der Waals surface area (Å²) in [7, 11) is -2.08. The molecule has 6 heteroatoms. The third-order valence-corrected chi connectivity index (χ3v) is 5.02. The molecule has 0 bridgehead atoms. The second-order valence-corrected chi connectivity index (χ2v) is 6.53. The van der Waals surface area contributed by atoms with Crippen LogP contribution in [0.25, 0.3) is 0 Å². The Morgan fingerprint density at radius 3 is 2.79 bits per heavy atom. The van der Waals surface area contributed by atoms with Crippen LogP contribution in [0.15, 0.2) is 29.2 Å². The van der Waals surface area contributed by atoms with Gasteiger partial charge >= 0.3 is 0 Å². The highest BCUT2D eigenvalue weighted by atomic mass is 32.2. The number of rotatable bonds is 4. The highest BCUT2D eigenvalue weighted by molar-refractivity contribution is 7.89. The van der Waals surface area contributed by atoms with Crippen LogP contribution in [0.4, 0.5) is 0 Å². The third kappa shape index (κ3) is 3.26. The lowest BCUT2D eigenvalue weighted by molar-refractivity contribution is 0.326. The predicted octanol–water partition coefficient (Wildman–Crippen LogP) is 0.971. The van der Waals surface area contributed by atoms with Gasteiger partial charge in [0.1, 0.15) is 10.6 Å². The summed E-state index contributed by atoms with van der Waals surface area (Å²) in [6, 6.07) is 6.57. The van der Waals surface area contributed by atoms with Crippen LogP contribution in [-0.2, 0) is 10.0 Å². The van der Waals surface area contributed by atoms with E-state index in [-0.39, 0.29) is 10.9 Å². The summed E-state index contributed by atoms with van der Waals surface area (Å²) < 4.78 is 32.7. The fourth-order valence-electron chi connectivity index (χ4n) is 2.25. The van der Waals surface area contributed by atoms with Crippen molar-refractivity contribution in [1.82, 2.24) is 10.0 Å². The van der Waals surface area contributed by atoms with E-state index in [9.17, 15) is 8.42 Å². The molecule has 0 saturated carbocycles. The van der Waals surface area contributed by atoms with E-state index in [1.165, 1.54) is 7.11 Å². The molecule has 19 heavy (non-hydrogen) atoms. The van der Waals surface area contributed by atoms with Crippen molar-refractivity contribution in [2.45, 2.75) is 24.3 Å². The summed E-state index contributed by atoms with van der Waals surface area (Å²) >= 11 is 0. The van der Waals surface area contributed by atoms with Gasteiger partial charge < -0.3 is 10.1 Å². The van der Waals surface area contributed by atoms with Crippen LogP contribution in [0.5, 0.6) is 5.75 Å². The molecule has 0 aromatic heterocycles. The first-order chi connectivity index (χ1) is 9.04. The Hall–Kier alpha value is -1.11. The maximum Gasteiger partial charge on any atom is 0.244 e. The highest BCUT2D eigenvalue weighted by Crippen LogP contribution is 2.24. The number of benzene rings is 1. The molecule has 106 valence electrons. The summed E-state index contributed by atoms with van der Waals surface area (Å²) in [6.45, 7) is 3.67. The Bertz CT molecular complexity index is 530. The van der Waals surface area contributed by atoms with Gasteiger partial charge in [-0.3, -0.25) is 0 Å². The number of ether oxygens (including phenoxy) is 1. The van der Waals surface area contributed by atoms with E-state index >= 15 is 0 Å². The third-order valence-electron chi connectivity index (χ3n) is 3.49. The van der Waals surface area contributed by atoms with Crippen molar-refractivity contribution in [2.75, 3.05) is 20.2 Å². The Morgan fingerprint density at radius 2 is 2.11 bits per heavy atom. The Kier molecular flexibility index (Phi) is 4.44. The maximum atomic E-state index is 12.4. The smallest absolute Gasteiger partial charge is 0.244 e. The lowest BCUT2D eigenvalue weighted by atomic mass is 9.96. The zero-order valence-corrected chi connectivity index (χ0v) is 12.0. The van der Waals surface area contributed by atoms with Gasteiger partial charge in [0.2, 0.25) is 10.0 Å². The van der Waals surface area contributed by atoms with Gasteiger partial charge in [0.15, 0.2) is 0 Å². The van der Waals surface area contributed by atoms with E-state index in [0.29, 0.717) is 18.2 Å². The molecule has 1 heterocycles. The standard InChI is InChI=1S/C13H20N2O3S/c1-10-7-8-14-9-11(10)15-19(16,17)13-6-4-3-5-12(13)18-2/h3-6,10-11,14-15H,7-9H2,1-2H3. The lowest BCUT2D eigenvalue weighted by Crippen LogP contribution is -2.50. The van der Waals surface area contributed by atoms with E-state index in [2.05, 4.69) is 17.0 Å². The molecule has 0 spiro atoms. The summed E-state index contributed by atoms with van der Waals surface area (Å²) in [5, 5.41) is 3.21. The van der Waals surface area contributed by atoms with E-state index in [4.69, 9.17) is 4.74 Å². The van der Waals surface area contributed by atoms with Crippen molar-refractivity contribution in [3.8, 4) is 5.75 Å². The van der Waals surface area contributed by atoms with Crippen LogP contribution in [0.2, 0.25) is 0 Å². The van der Waals surface area contributed by atoms with Crippen molar-refractivity contribution < 1.29 is 13.2 Å². The molecule has 2 unspecified atom stereocenters. The molecule has 2 atom stereocenters. The molecule has 1 aliphatic heterocycles. The van der Waals surface area contributed by atoms with E-state index in [0.717, 1.165) is 13.0 Å². The first-order valence-corrected chi connectivity index (χ1v) is 7.89. The minimum absolute atomic E-state index is 0.0799. The van der Waals surface area contributed by atoms with Crippen molar-refractivity contribution in [3.63, 3.8) is 0 Å². The molecule has 0 amide bonds. The summed E-state index contributed by atoms with van der Waals surface area (Å²) in [6.07, 6.45) is 0.971. The van der Waals surface area contributed by atoms with Crippen LogP contribution in [0.1, 0.15) is 13.3 Å². The minimum atomic E-state index is -3.55. The SMILES string of the molecule is COc1ccccc1S(=O)(=O)NC1CNCCC1C. The summed E-state index contributed by atoms with van der Waals surface area (Å²) in [5.74, 6) is 0.692. The van der Waals surface area contributed by atoms with E-state index in [1.54, 1.807) is 24.3 Å². The average Bonchev–Trinajstić information content (AvgIpc) is 2.41. The van der Waals surface area contributed by atoms with Gasteiger partial charge in [0.05, 0.1) is 7.11 Å². The molecular weight excluding hydrogens is 264 g/mol. The molecule has 2 rings (SSSR count). The minimum Gasteiger partial charge on any atom is -0.495 e. The average molecular weight is 284 g/mol. The molecule has 5 nitrogen and oxygen atoms in total. The quantitative estimate of drug-likeness (QED) is 0.864. The second kappa shape index (κ2) is 5.90. The first-order valence-electron chi connectivity index (χ1n) is 6.40. The fraction of sp³-hybridized carbons (Fsp3) is 0.538. The molecule has 1 aliphatic rings. The number of hydrogen-bond acceptors (Lipinski definition) is 4. The Morgan fingerprint density at radius 1 is 1.37 bits per heavy atom. The monoisotopic (exact) mass is 284 g/mol. The lowest BCUT2D eigenvalue weighted by Gasteiger charge is -2.30. The summed E-state index contributed by atoms with van der Waals surface area (Å²) in [5.41, 5.74) is 0. The van der Waals surface area contributed by atoms with Gasteiger partial charge in [-0.2, -0.15) is 0 Å². The number of sulfonamides is 1. The first kappa shape index (κ1) is 14.3. The summed E-state index contributed by atoms with van der Waals surface area (Å²) in [4.78, 5) is 0.190. The fourth-order valence-corrected chi connectivity index (χ4v) is 3.77. The number of nitrogens with one attached hydrogen (secondary N) is 2.